The van der Waals surface area contributed by atoms with Crippen LogP contribution in [0, 0.1) is 0 Å². The molecule has 2 aliphatic rings. The van der Waals surface area contributed by atoms with Gasteiger partial charge in [-0.15, -0.1) is 0 Å². The quantitative estimate of drug-likeness (QED) is 0.371. The molecule has 9 nitrogen and oxygen atoms in total. The SMILES string of the molecule is COc1cc(OC)c(-c2cn3ccc(N4CCN(c5cc(N6CCCC6)ncn5)CC4)cc3n2)cc1Cl. The lowest BCUT2D eigenvalue weighted by molar-refractivity contribution is 0.395. The van der Waals surface area contributed by atoms with Gasteiger partial charge < -0.3 is 28.6 Å². The first-order valence-corrected chi connectivity index (χ1v) is 13.0. The van der Waals surface area contributed by atoms with Gasteiger partial charge in [-0.1, -0.05) is 11.6 Å². The van der Waals surface area contributed by atoms with E-state index >= 15 is 0 Å². The van der Waals surface area contributed by atoms with E-state index in [9.17, 15) is 0 Å². The van der Waals surface area contributed by atoms with Crippen molar-refractivity contribution in [2.24, 2.45) is 0 Å². The number of methoxy groups -OCH3 is 2. The molecule has 37 heavy (non-hydrogen) atoms. The Labute approximate surface area is 221 Å². The first-order chi connectivity index (χ1) is 18.1. The lowest BCUT2D eigenvalue weighted by Gasteiger charge is -2.36. The van der Waals surface area contributed by atoms with E-state index in [0.29, 0.717) is 16.5 Å². The number of fused-ring (bicyclic) bond motifs is 1. The van der Waals surface area contributed by atoms with Crippen LogP contribution in [0.15, 0.2) is 49.1 Å². The van der Waals surface area contributed by atoms with Crippen molar-refractivity contribution in [3.8, 4) is 22.8 Å². The maximum Gasteiger partial charge on any atom is 0.141 e. The number of rotatable bonds is 6. The van der Waals surface area contributed by atoms with Gasteiger partial charge in [0, 0.05) is 81.1 Å². The number of benzene rings is 1. The molecule has 3 aromatic heterocycles. The number of halogens is 1. The number of piperazine rings is 1. The number of imidazole rings is 1. The molecule has 4 aromatic rings. The fourth-order valence-electron chi connectivity index (χ4n) is 5.18. The third kappa shape index (κ3) is 4.59. The van der Waals surface area contributed by atoms with Crippen LogP contribution in [0.2, 0.25) is 5.02 Å². The molecule has 0 atom stereocenters. The third-order valence-corrected chi connectivity index (χ3v) is 7.53. The van der Waals surface area contributed by atoms with Crippen molar-refractivity contribution in [3.63, 3.8) is 0 Å². The predicted molar refractivity (Wildman–Crippen MR) is 147 cm³/mol. The number of aromatic nitrogens is 4. The topological polar surface area (TPSA) is 71.3 Å². The summed E-state index contributed by atoms with van der Waals surface area (Å²) in [5, 5.41) is 0.519. The van der Waals surface area contributed by atoms with Crippen molar-refractivity contribution in [3.05, 3.63) is 54.1 Å². The minimum absolute atomic E-state index is 0.519. The normalized spacial score (nSPS) is 16.0. The molecule has 2 fully saturated rings. The van der Waals surface area contributed by atoms with E-state index in [1.807, 2.05) is 16.7 Å². The zero-order chi connectivity index (χ0) is 25.4. The van der Waals surface area contributed by atoms with Gasteiger partial charge in [-0.2, -0.15) is 0 Å². The predicted octanol–water partition coefficient (Wildman–Crippen LogP) is 4.39. The van der Waals surface area contributed by atoms with Crippen LogP contribution in [0.25, 0.3) is 16.9 Å². The summed E-state index contributed by atoms with van der Waals surface area (Å²) in [6.45, 7) is 5.80. The average Bonchev–Trinajstić information content (AvgIpc) is 3.63. The fraction of sp³-hybridized carbons (Fsp3) is 0.370. The Morgan fingerprint density at radius 2 is 1.46 bits per heavy atom. The number of nitrogens with zero attached hydrogens (tertiary/aromatic N) is 7. The minimum Gasteiger partial charge on any atom is -0.496 e. The Morgan fingerprint density at radius 3 is 2.16 bits per heavy atom. The number of pyridine rings is 1. The highest BCUT2D eigenvalue weighted by atomic mass is 35.5. The molecule has 0 unspecified atom stereocenters. The molecule has 2 saturated heterocycles. The maximum absolute atomic E-state index is 6.40. The van der Waals surface area contributed by atoms with Crippen molar-refractivity contribution in [1.29, 1.82) is 0 Å². The number of ether oxygens (including phenoxy) is 2. The maximum atomic E-state index is 6.40. The lowest BCUT2D eigenvalue weighted by Crippen LogP contribution is -2.46. The molecule has 0 radical (unpaired) electrons. The summed E-state index contributed by atoms with van der Waals surface area (Å²) in [6.07, 6.45) is 8.22. The molecule has 0 bridgehead atoms. The van der Waals surface area contributed by atoms with Crippen molar-refractivity contribution >= 4 is 34.6 Å². The van der Waals surface area contributed by atoms with Crippen LogP contribution in [-0.2, 0) is 0 Å². The summed E-state index contributed by atoms with van der Waals surface area (Å²) < 4.78 is 12.9. The molecule has 0 saturated carbocycles. The van der Waals surface area contributed by atoms with Crippen LogP contribution in [-0.4, -0.2) is 72.8 Å². The van der Waals surface area contributed by atoms with Gasteiger partial charge in [0.05, 0.1) is 24.9 Å². The van der Waals surface area contributed by atoms with E-state index in [1.165, 1.54) is 12.8 Å². The van der Waals surface area contributed by atoms with Gasteiger partial charge >= 0.3 is 0 Å². The van der Waals surface area contributed by atoms with E-state index in [2.05, 4.69) is 49.1 Å². The minimum atomic E-state index is 0.519. The van der Waals surface area contributed by atoms with Gasteiger partial charge in [0.2, 0.25) is 0 Å². The Bertz CT molecular complexity index is 1410. The second-order valence-corrected chi connectivity index (χ2v) is 9.77. The first-order valence-electron chi connectivity index (χ1n) is 12.6. The summed E-state index contributed by atoms with van der Waals surface area (Å²) in [5.74, 6) is 3.29. The standard InChI is InChI=1S/C27H30ClN7O2/c1-36-23-15-24(37-2)21(28)14-20(23)22-17-35-8-5-19(13-27(35)31-22)32-9-11-34(12-10-32)26-16-25(29-18-30-26)33-6-3-4-7-33/h5,8,13-18H,3-4,6-7,9-12H2,1-2H3. The van der Waals surface area contributed by atoms with Gasteiger partial charge in [-0.05, 0) is 25.0 Å². The fourth-order valence-corrected chi connectivity index (χ4v) is 5.42. The second kappa shape index (κ2) is 9.97. The molecule has 0 amide bonds. The highest BCUT2D eigenvalue weighted by Crippen LogP contribution is 2.38. The Balaban J connectivity index is 1.19. The zero-order valence-electron chi connectivity index (χ0n) is 21.1. The molecule has 5 heterocycles. The summed E-state index contributed by atoms with van der Waals surface area (Å²) in [4.78, 5) is 21.0. The van der Waals surface area contributed by atoms with Crippen molar-refractivity contribution in [2.45, 2.75) is 12.8 Å². The second-order valence-electron chi connectivity index (χ2n) is 9.37. The van der Waals surface area contributed by atoms with Gasteiger partial charge in [0.1, 0.15) is 35.1 Å². The van der Waals surface area contributed by atoms with Gasteiger partial charge in [-0.25, -0.2) is 15.0 Å². The Kier molecular flexibility index (Phi) is 6.38. The van der Waals surface area contributed by atoms with E-state index in [4.69, 9.17) is 26.1 Å². The van der Waals surface area contributed by atoms with Crippen LogP contribution < -0.4 is 24.2 Å². The van der Waals surface area contributed by atoms with E-state index in [0.717, 1.165) is 73.5 Å². The van der Waals surface area contributed by atoms with Crippen molar-refractivity contribution in [2.75, 3.05) is 68.2 Å². The number of anilines is 3. The molecule has 1 aromatic carbocycles. The molecule has 6 rings (SSSR count). The molecular formula is C27H30ClN7O2. The summed E-state index contributed by atoms with van der Waals surface area (Å²) in [7, 11) is 3.22. The van der Waals surface area contributed by atoms with Gasteiger partial charge in [-0.3, -0.25) is 0 Å². The summed E-state index contributed by atoms with van der Waals surface area (Å²) in [6, 6.07) is 10.0. The smallest absolute Gasteiger partial charge is 0.141 e. The average molecular weight is 520 g/mol. The van der Waals surface area contributed by atoms with E-state index in [1.54, 1.807) is 26.6 Å². The van der Waals surface area contributed by atoms with Crippen molar-refractivity contribution in [1.82, 2.24) is 19.4 Å². The van der Waals surface area contributed by atoms with Gasteiger partial charge in [0.15, 0.2) is 0 Å². The molecule has 0 aliphatic carbocycles. The molecule has 2 aliphatic heterocycles. The van der Waals surface area contributed by atoms with Crippen LogP contribution >= 0.6 is 11.6 Å². The molecule has 0 N–H and O–H groups in total. The molecular weight excluding hydrogens is 490 g/mol. The highest BCUT2D eigenvalue weighted by molar-refractivity contribution is 6.32. The summed E-state index contributed by atoms with van der Waals surface area (Å²) >= 11 is 6.40. The van der Waals surface area contributed by atoms with Crippen LogP contribution in [0.5, 0.6) is 11.5 Å². The molecule has 0 spiro atoms. The van der Waals surface area contributed by atoms with E-state index in [-0.39, 0.29) is 0 Å². The van der Waals surface area contributed by atoms with E-state index < -0.39 is 0 Å². The van der Waals surface area contributed by atoms with Crippen LogP contribution in [0.3, 0.4) is 0 Å². The van der Waals surface area contributed by atoms with Crippen LogP contribution in [0.1, 0.15) is 12.8 Å². The zero-order valence-corrected chi connectivity index (χ0v) is 21.9. The Morgan fingerprint density at radius 1 is 0.784 bits per heavy atom. The number of hydrogen-bond acceptors (Lipinski definition) is 8. The van der Waals surface area contributed by atoms with Crippen molar-refractivity contribution < 1.29 is 9.47 Å². The summed E-state index contributed by atoms with van der Waals surface area (Å²) in [5.41, 5.74) is 3.64. The molecule has 192 valence electrons. The van der Waals surface area contributed by atoms with Gasteiger partial charge in [0.25, 0.3) is 0 Å². The lowest BCUT2D eigenvalue weighted by atomic mass is 10.1. The number of hydrogen-bond donors (Lipinski definition) is 0. The third-order valence-electron chi connectivity index (χ3n) is 7.23. The highest BCUT2D eigenvalue weighted by Gasteiger charge is 2.21. The monoisotopic (exact) mass is 519 g/mol. The molecule has 10 heteroatoms. The van der Waals surface area contributed by atoms with Crippen LogP contribution in [0.4, 0.5) is 17.3 Å². The Hall–Kier alpha value is -3.72. The largest absolute Gasteiger partial charge is 0.496 e. The first kappa shape index (κ1) is 23.7.